The Kier molecular flexibility index (Phi) is 2.98. The Bertz CT molecular complexity index is 316. The van der Waals surface area contributed by atoms with Crippen molar-refractivity contribution in [2.75, 3.05) is 6.61 Å². The van der Waals surface area contributed by atoms with Gasteiger partial charge in [-0.3, -0.25) is 0 Å². The van der Waals surface area contributed by atoms with Gasteiger partial charge in [-0.15, -0.1) is 11.3 Å². The first kappa shape index (κ1) is 10.6. The van der Waals surface area contributed by atoms with Crippen molar-refractivity contribution < 1.29 is 5.11 Å². The molecule has 1 aliphatic carbocycles. The molecule has 1 heterocycles. The van der Waals surface area contributed by atoms with Crippen molar-refractivity contribution >= 4 is 27.3 Å². The maximum absolute atomic E-state index is 9.39. The average molecular weight is 276 g/mol. The highest BCUT2D eigenvalue weighted by molar-refractivity contribution is 9.11. The quantitative estimate of drug-likeness (QED) is 0.891. The van der Waals surface area contributed by atoms with E-state index in [4.69, 9.17) is 5.73 Å². The third kappa shape index (κ3) is 1.65. The van der Waals surface area contributed by atoms with Gasteiger partial charge in [0.1, 0.15) is 0 Å². The van der Waals surface area contributed by atoms with Crippen molar-refractivity contribution in [2.24, 2.45) is 11.1 Å². The molecule has 2 rings (SSSR count). The van der Waals surface area contributed by atoms with Crippen LogP contribution in [0.15, 0.2) is 15.2 Å². The highest BCUT2D eigenvalue weighted by Gasteiger charge is 2.42. The van der Waals surface area contributed by atoms with Gasteiger partial charge in [0.2, 0.25) is 0 Å². The van der Waals surface area contributed by atoms with Crippen LogP contribution in [-0.2, 0) is 0 Å². The topological polar surface area (TPSA) is 46.2 Å². The van der Waals surface area contributed by atoms with Crippen LogP contribution in [0.5, 0.6) is 0 Å². The van der Waals surface area contributed by atoms with E-state index in [0.29, 0.717) is 0 Å². The monoisotopic (exact) mass is 275 g/mol. The molecule has 1 aromatic rings. The third-order valence-electron chi connectivity index (χ3n) is 3.27. The molecule has 78 valence electrons. The molecule has 1 atom stereocenters. The lowest BCUT2D eigenvalue weighted by molar-refractivity contribution is 0.0185. The zero-order valence-electron chi connectivity index (χ0n) is 7.87. The van der Waals surface area contributed by atoms with Crippen LogP contribution in [0.2, 0.25) is 0 Å². The van der Waals surface area contributed by atoms with E-state index in [1.165, 1.54) is 6.42 Å². The Morgan fingerprint density at radius 3 is 2.71 bits per heavy atom. The van der Waals surface area contributed by atoms with Crippen molar-refractivity contribution in [3.05, 3.63) is 20.8 Å². The fraction of sp³-hybridized carbons (Fsp3) is 0.600. The number of thiophene rings is 1. The predicted octanol–water partition coefficient (Wildman–Crippen LogP) is 2.67. The van der Waals surface area contributed by atoms with Gasteiger partial charge in [-0.2, -0.15) is 0 Å². The van der Waals surface area contributed by atoms with Gasteiger partial charge < -0.3 is 10.8 Å². The summed E-state index contributed by atoms with van der Waals surface area (Å²) < 4.78 is 1.11. The van der Waals surface area contributed by atoms with Gasteiger partial charge in [0.25, 0.3) is 0 Å². The van der Waals surface area contributed by atoms with Crippen molar-refractivity contribution in [3.8, 4) is 0 Å². The Labute approximate surface area is 96.3 Å². The van der Waals surface area contributed by atoms with E-state index in [0.717, 1.165) is 22.2 Å². The summed E-state index contributed by atoms with van der Waals surface area (Å²) in [7, 11) is 0. The summed E-state index contributed by atoms with van der Waals surface area (Å²) in [5, 5.41) is 11.5. The average Bonchev–Trinajstić information content (AvgIpc) is 2.50. The summed E-state index contributed by atoms with van der Waals surface area (Å²) in [5.41, 5.74) is 7.29. The minimum absolute atomic E-state index is 0.0104. The minimum atomic E-state index is -0.0412. The SMILES string of the molecule is NC(c1csc(Br)c1)C1(CO)CCC1. The number of aliphatic hydroxyl groups excluding tert-OH is 1. The number of aliphatic hydroxyl groups is 1. The van der Waals surface area contributed by atoms with Crippen LogP contribution in [-0.4, -0.2) is 11.7 Å². The van der Waals surface area contributed by atoms with Gasteiger partial charge in [0.15, 0.2) is 0 Å². The molecule has 14 heavy (non-hydrogen) atoms. The fourth-order valence-corrected chi connectivity index (χ4v) is 3.25. The Balaban J connectivity index is 2.18. The molecule has 0 spiro atoms. The highest BCUT2D eigenvalue weighted by Crippen LogP contribution is 2.49. The van der Waals surface area contributed by atoms with Gasteiger partial charge >= 0.3 is 0 Å². The van der Waals surface area contributed by atoms with Crippen LogP contribution in [0.3, 0.4) is 0 Å². The summed E-state index contributed by atoms with van der Waals surface area (Å²) in [6, 6.07) is 2.05. The second-order valence-electron chi connectivity index (χ2n) is 4.04. The molecule has 0 aliphatic heterocycles. The van der Waals surface area contributed by atoms with Crippen molar-refractivity contribution in [1.29, 1.82) is 0 Å². The second kappa shape index (κ2) is 3.93. The van der Waals surface area contributed by atoms with E-state index in [9.17, 15) is 5.11 Å². The molecular weight excluding hydrogens is 262 g/mol. The summed E-state index contributed by atoms with van der Waals surface area (Å²) in [6.07, 6.45) is 3.30. The lowest BCUT2D eigenvalue weighted by Gasteiger charge is -2.44. The molecular formula is C10H14BrNOS. The number of halogens is 1. The Morgan fingerprint density at radius 2 is 2.36 bits per heavy atom. The normalized spacial score (nSPS) is 21.6. The van der Waals surface area contributed by atoms with E-state index in [-0.39, 0.29) is 18.1 Å². The third-order valence-corrected chi connectivity index (χ3v) is 4.79. The van der Waals surface area contributed by atoms with Crippen LogP contribution < -0.4 is 5.73 Å². The molecule has 0 saturated heterocycles. The molecule has 1 aromatic heterocycles. The molecule has 0 aromatic carbocycles. The van der Waals surface area contributed by atoms with E-state index in [1.807, 2.05) is 0 Å². The summed E-state index contributed by atoms with van der Waals surface area (Å²) >= 11 is 5.08. The number of rotatable bonds is 3. The lowest BCUT2D eigenvalue weighted by atomic mass is 9.63. The molecule has 0 amide bonds. The van der Waals surface area contributed by atoms with Gasteiger partial charge in [0, 0.05) is 11.5 Å². The van der Waals surface area contributed by atoms with Crippen LogP contribution in [0, 0.1) is 5.41 Å². The molecule has 1 fully saturated rings. The predicted molar refractivity (Wildman–Crippen MR) is 62.3 cm³/mol. The smallest absolute Gasteiger partial charge is 0.0701 e. The van der Waals surface area contributed by atoms with Crippen LogP contribution >= 0.6 is 27.3 Å². The first-order chi connectivity index (χ1) is 6.68. The lowest BCUT2D eigenvalue weighted by Crippen LogP contribution is -2.43. The highest BCUT2D eigenvalue weighted by atomic mass is 79.9. The van der Waals surface area contributed by atoms with Crippen LogP contribution in [0.4, 0.5) is 0 Å². The molecule has 4 heteroatoms. The first-order valence-electron chi connectivity index (χ1n) is 4.78. The van der Waals surface area contributed by atoms with Gasteiger partial charge in [0.05, 0.1) is 10.4 Å². The minimum Gasteiger partial charge on any atom is -0.396 e. The number of nitrogens with two attached hydrogens (primary N) is 1. The number of hydrogen-bond donors (Lipinski definition) is 2. The van der Waals surface area contributed by atoms with Crippen LogP contribution in [0.25, 0.3) is 0 Å². The number of hydrogen-bond acceptors (Lipinski definition) is 3. The van der Waals surface area contributed by atoms with Crippen molar-refractivity contribution in [1.82, 2.24) is 0 Å². The maximum atomic E-state index is 9.39. The van der Waals surface area contributed by atoms with E-state index in [1.54, 1.807) is 11.3 Å². The molecule has 0 bridgehead atoms. The maximum Gasteiger partial charge on any atom is 0.0701 e. The molecule has 2 nitrogen and oxygen atoms in total. The fourth-order valence-electron chi connectivity index (χ4n) is 2.04. The van der Waals surface area contributed by atoms with Crippen molar-refractivity contribution in [2.45, 2.75) is 25.3 Å². The van der Waals surface area contributed by atoms with Crippen molar-refractivity contribution in [3.63, 3.8) is 0 Å². The molecule has 1 saturated carbocycles. The molecule has 3 N–H and O–H groups in total. The summed E-state index contributed by atoms with van der Waals surface area (Å²) in [6.45, 7) is 0.210. The van der Waals surface area contributed by atoms with E-state index >= 15 is 0 Å². The van der Waals surface area contributed by atoms with Gasteiger partial charge in [-0.05, 0) is 45.8 Å². The molecule has 1 unspecified atom stereocenters. The first-order valence-corrected chi connectivity index (χ1v) is 6.46. The van der Waals surface area contributed by atoms with E-state index < -0.39 is 0 Å². The molecule has 0 radical (unpaired) electrons. The molecule has 1 aliphatic rings. The van der Waals surface area contributed by atoms with Gasteiger partial charge in [-0.25, -0.2) is 0 Å². The summed E-state index contributed by atoms with van der Waals surface area (Å²) in [5.74, 6) is 0. The summed E-state index contributed by atoms with van der Waals surface area (Å²) in [4.78, 5) is 0. The zero-order chi connectivity index (χ0) is 10.2. The second-order valence-corrected chi connectivity index (χ2v) is 6.33. The Hall–Kier alpha value is 0.1000. The van der Waals surface area contributed by atoms with Gasteiger partial charge in [-0.1, -0.05) is 6.42 Å². The van der Waals surface area contributed by atoms with Crippen LogP contribution in [0.1, 0.15) is 30.9 Å². The Morgan fingerprint density at radius 1 is 1.64 bits per heavy atom. The zero-order valence-corrected chi connectivity index (χ0v) is 10.3. The standard InChI is InChI=1S/C10H14BrNOS/c11-8-4-7(5-14-8)9(12)10(6-13)2-1-3-10/h4-5,9,13H,1-3,6,12H2. The van der Waals surface area contributed by atoms with E-state index in [2.05, 4.69) is 27.4 Å². The largest absolute Gasteiger partial charge is 0.396 e.